The maximum atomic E-state index is 12.5. The molecule has 2 aliphatic rings. The maximum absolute atomic E-state index is 12.5. The van der Waals surface area contributed by atoms with E-state index in [9.17, 15) is 4.79 Å². The number of aromatic nitrogens is 4. The Labute approximate surface area is 169 Å². The smallest absolute Gasteiger partial charge is 0.289 e. The highest BCUT2D eigenvalue weighted by atomic mass is 16.3. The Bertz CT molecular complexity index is 1000. The van der Waals surface area contributed by atoms with Crippen molar-refractivity contribution in [3.8, 4) is 0 Å². The SMILES string of the molecule is CN(Cc1cc2n(n1)CCN(C(=O)c1ccco1)C2)Cc1n[nH]c2c1CCCC2. The fourth-order valence-electron chi connectivity index (χ4n) is 4.40. The van der Waals surface area contributed by atoms with Gasteiger partial charge in [0.2, 0.25) is 0 Å². The topological polar surface area (TPSA) is 83.2 Å². The van der Waals surface area contributed by atoms with Crippen molar-refractivity contribution < 1.29 is 9.21 Å². The minimum absolute atomic E-state index is 0.0653. The summed E-state index contributed by atoms with van der Waals surface area (Å²) in [5.41, 5.74) is 6.00. The molecule has 3 aromatic heterocycles. The van der Waals surface area contributed by atoms with E-state index in [0.717, 1.165) is 37.3 Å². The van der Waals surface area contributed by atoms with Crippen LogP contribution in [0.3, 0.4) is 0 Å². The second-order valence-corrected chi connectivity index (χ2v) is 8.06. The van der Waals surface area contributed by atoms with E-state index < -0.39 is 0 Å². The molecular formula is C21H26N6O2. The van der Waals surface area contributed by atoms with Crippen LogP contribution in [0.25, 0.3) is 0 Å². The van der Waals surface area contributed by atoms with Crippen LogP contribution >= 0.6 is 0 Å². The Kier molecular flexibility index (Phi) is 4.71. The van der Waals surface area contributed by atoms with Gasteiger partial charge in [0.1, 0.15) is 0 Å². The predicted octanol–water partition coefficient (Wildman–Crippen LogP) is 2.37. The molecule has 0 atom stereocenters. The standard InChI is InChI=1S/C21H26N6O2/c1-25(14-19-17-5-2-3-6-18(17)22-23-19)12-15-11-16-13-26(8-9-27(16)24-15)21(28)20-7-4-10-29-20/h4,7,10-11H,2-3,5-6,8-9,12-14H2,1H3,(H,22,23). The van der Waals surface area contributed by atoms with Crippen molar-refractivity contribution in [2.75, 3.05) is 13.6 Å². The zero-order valence-corrected chi connectivity index (χ0v) is 16.7. The molecule has 0 saturated heterocycles. The number of furan rings is 1. The van der Waals surface area contributed by atoms with Crippen LogP contribution in [-0.4, -0.2) is 49.3 Å². The quantitative estimate of drug-likeness (QED) is 0.718. The number of aromatic amines is 1. The van der Waals surface area contributed by atoms with Gasteiger partial charge in [0, 0.05) is 25.3 Å². The van der Waals surface area contributed by atoms with Gasteiger partial charge in [0.25, 0.3) is 5.91 Å². The van der Waals surface area contributed by atoms with Gasteiger partial charge in [0.05, 0.1) is 36.4 Å². The molecule has 1 amide bonds. The first-order chi connectivity index (χ1) is 14.2. The maximum Gasteiger partial charge on any atom is 0.289 e. The molecule has 8 heteroatoms. The molecule has 0 spiro atoms. The van der Waals surface area contributed by atoms with Crippen LogP contribution in [0.15, 0.2) is 28.9 Å². The number of nitrogens with one attached hydrogen (secondary N) is 1. The first kappa shape index (κ1) is 18.2. The van der Waals surface area contributed by atoms with E-state index >= 15 is 0 Å². The molecule has 1 aliphatic heterocycles. The van der Waals surface area contributed by atoms with E-state index in [4.69, 9.17) is 9.52 Å². The number of rotatable bonds is 5. The van der Waals surface area contributed by atoms with E-state index in [1.54, 1.807) is 12.1 Å². The second-order valence-electron chi connectivity index (χ2n) is 8.06. The summed E-state index contributed by atoms with van der Waals surface area (Å²) in [4.78, 5) is 16.6. The normalized spacial score (nSPS) is 16.1. The van der Waals surface area contributed by atoms with Crippen molar-refractivity contribution >= 4 is 5.91 Å². The number of hydrogen-bond acceptors (Lipinski definition) is 5. The zero-order chi connectivity index (χ0) is 19.8. The molecule has 1 N–H and O–H groups in total. The summed E-state index contributed by atoms with van der Waals surface area (Å²) in [5, 5.41) is 12.5. The van der Waals surface area contributed by atoms with E-state index in [1.165, 1.54) is 36.1 Å². The minimum Gasteiger partial charge on any atom is -0.459 e. The first-order valence-corrected chi connectivity index (χ1v) is 10.3. The van der Waals surface area contributed by atoms with Crippen molar-refractivity contribution in [3.05, 3.63) is 58.6 Å². The Hall–Kier alpha value is -2.87. The summed E-state index contributed by atoms with van der Waals surface area (Å²) in [6.07, 6.45) is 6.29. The number of hydrogen-bond donors (Lipinski definition) is 1. The third kappa shape index (κ3) is 3.60. The molecule has 3 aromatic rings. The number of fused-ring (bicyclic) bond motifs is 2. The molecule has 5 rings (SSSR count). The molecule has 0 unspecified atom stereocenters. The first-order valence-electron chi connectivity index (χ1n) is 10.3. The van der Waals surface area contributed by atoms with E-state index in [0.29, 0.717) is 25.4 Å². The van der Waals surface area contributed by atoms with Gasteiger partial charge in [-0.05, 0) is 56.5 Å². The Morgan fingerprint density at radius 1 is 1.28 bits per heavy atom. The third-order valence-corrected chi connectivity index (χ3v) is 5.86. The lowest BCUT2D eigenvalue weighted by Crippen LogP contribution is -2.38. The van der Waals surface area contributed by atoms with Gasteiger partial charge in [-0.25, -0.2) is 0 Å². The molecule has 1 aliphatic carbocycles. The van der Waals surface area contributed by atoms with Gasteiger partial charge in [0.15, 0.2) is 5.76 Å². The predicted molar refractivity (Wildman–Crippen MR) is 106 cm³/mol. The highest BCUT2D eigenvalue weighted by Gasteiger charge is 2.25. The van der Waals surface area contributed by atoms with Crippen LogP contribution in [0.1, 0.15) is 51.7 Å². The fraction of sp³-hybridized carbons (Fsp3) is 0.476. The number of carbonyl (C=O) groups excluding carboxylic acids is 1. The average Bonchev–Trinajstić information content (AvgIpc) is 3.47. The van der Waals surface area contributed by atoms with Crippen LogP contribution in [-0.2, 0) is 39.0 Å². The van der Waals surface area contributed by atoms with Gasteiger partial charge < -0.3 is 9.32 Å². The van der Waals surface area contributed by atoms with Crippen molar-refractivity contribution in [3.63, 3.8) is 0 Å². The van der Waals surface area contributed by atoms with E-state index in [1.807, 2.05) is 9.58 Å². The summed E-state index contributed by atoms with van der Waals surface area (Å²) in [5.74, 6) is 0.324. The van der Waals surface area contributed by atoms with Gasteiger partial charge in [-0.1, -0.05) is 0 Å². The van der Waals surface area contributed by atoms with Crippen molar-refractivity contribution in [1.29, 1.82) is 0 Å². The van der Waals surface area contributed by atoms with Crippen LogP contribution in [0, 0.1) is 0 Å². The Morgan fingerprint density at radius 3 is 3.03 bits per heavy atom. The number of nitrogens with zero attached hydrogens (tertiary/aromatic N) is 5. The lowest BCUT2D eigenvalue weighted by molar-refractivity contribution is 0.0673. The number of amides is 1. The largest absolute Gasteiger partial charge is 0.459 e. The van der Waals surface area contributed by atoms with Crippen molar-refractivity contribution in [1.82, 2.24) is 29.8 Å². The minimum atomic E-state index is -0.0653. The Morgan fingerprint density at radius 2 is 2.17 bits per heavy atom. The van der Waals surface area contributed by atoms with Crippen LogP contribution in [0.5, 0.6) is 0 Å². The average molecular weight is 394 g/mol. The second kappa shape index (κ2) is 7.51. The molecule has 0 fully saturated rings. The lowest BCUT2D eigenvalue weighted by Gasteiger charge is -2.26. The van der Waals surface area contributed by atoms with Gasteiger partial charge in [-0.2, -0.15) is 10.2 Å². The van der Waals surface area contributed by atoms with Gasteiger partial charge >= 0.3 is 0 Å². The molecule has 4 heterocycles. The summed E-state index contributed by atoms with van der Waals surface area (Å²) in [6.45, 7) is 3.48. The van der Waals surface area contributed by atoms with Crippen LogP contribution in [0.4, 0.5) is 0 Å². The summed E-state index contributed by atoms with van der Waals surface area (Å²) >= 11 is 0. The number of H-pyrrole nitrogens is 1. The molecular weight excluding hydrogens is 368 g/mol. The van der Waals surface area contributed by atoms with E-state index in [-0.39, 0.29) is 5.91 Å². The van der Waals surface area contributed by atoms with Crippen molar-refractivity contribution in [2.45, 2.75) is 51.9 Å². The molecule has 152 valence electrons. The van der Waals surface area contributed by atoms with Crippen LogP contribution < -0.4 is 0 Å². The molecule has 8 nitrogen and oxygen atoms in total. The molecule has 0 aromatic carbocycles. The van der Waals surface area contributed by atoms with Gasteiger partial charge in [-0.3, -0.25) is 19.5 Å². The highest BCUT2D eigenvalue weighted by Crippen LogP contribution is 2.23. The van der Waals surface area contributed by atoms with Crippen LogP contribution in [0.2, 0.25) is 0 Å². The number of aryl methyl sites for hydroxylation is 1. The molecule has 29 heavy (non-hydrogen) atoms. The van der Waals surface area contributed by atoms with E-state index in [2.05, 4.69) is 28.2 Å². The monoisotopic (exact) mass is 394 g/mol. The fourth-order valence-corrected chi connectivity index (χ4v) is 4.40. The molecule has 0 bridgehead atoms. The summed E-state index contributed by atoms with van der Waals surface area (Å²) in [7, 11) is 2.11. The number of carbonyl (C=O) groups is 1. The highest BCUT2D eigenvalue weighted by molar-refractivity contribution is 5.91. The van der Waals surface area contributed by atoms with Crippen molar-refractivity contribution in [2.24, 2.45) is 0 Å². The summed E-state index contributed by atoms with van der Waals surface area (Å²) in [6, 6.07) is 5.56. The molecule has 0 saturated carbocycles. The summed E-state index contributed by atoms with van der Waals surface area (Å²) < 4.78 is 7.27. The lowest BCUT2D eigenvalue weighted by atomic mass is 9.96. The third-order valence-electron chi connectivity index (χ3n) is 5.86. The Balaban J connectivity index is 1.23. The zero-order valence-electron chi connectivity index (χ0n) is 16.7. The molecule has 0 radical (unpaired) electrons. The van der Waals surface area contributed by atoms with Gasteiger partial charge in [-0.15, -0.1) is 0 Å².